The van der Waals surface area contributed by atoms with Crippen molar-refractivity contribution in [1.29, 1.82) is 0 Å². The Morgan fingerprint density at radius 1 is 1.14 bits per heavy atom. The monoisotopic (exact) mass is 407 g/mol. The Hall–Kier alpha value is -2.19. The highest BCUT2D eigenvalue weighted by Crippen LogP contribution is 2.40. The summed E-state index contributed by atoms with van der Waals surface area (Å²) in [5.74, 6) is 0. The van der Waals surface area contributed by atoms with E-state index >= 15 is 0 Å². The lowest BCUT2D eigenvalue weighted by Crippen LogP contribution is -2.59. The molecule has 0 saturated carbocycles. The number of nitrogens with zero attached hydrogens (tertiary/aromatic N) is 3. The van der Waals surface area contributed by atoms with Crippen LogP contribution in [0.4, 0.5) is 18.9 Å². The maximum Gasteiger partial charge on any atom is 0.434 e. The highest BCUT2D eigenvalue weighted by atomic mass is 19.4. The molecule has 158 valence electrons. The van der Waals surface area contributed by atoms with Gasteiger partial charge in [-0.25, -0.2) is 4.98 Å². The molecule has 0 bridgehead atoms. The van der Waals surface area contributed by atoms with Crippen molar-refractivity contribution in [3.8, 4) is 0 Å². The summed E-state index contributed by atoms with van der Waals surface area (Å²) in [6.07, 6.45) is -0.375. The van der Waals surface area contributed by atoms with Gasteiger partial charge in [-0.15, -0.1) is 0 Å². The third-order valence-corrected chi connectivity index (χ3v) is 5.41. The number of halogens is 3. The molecule has 3 heterocycles. The van der Waals surface area contributed by atoms with Crippen LogP contribution >= 0.6 is 0 Å². The van der Waals surface area contributed by atoms with E-state index in [1.54, 1.807) is 0 Å². The number of nitrogen functional groups attached to an aromatic ring is 1. The van der Waals surface area contributed by atoms with Crippen molar-refractivity contribution < 1.29 is 13.2 Å². The number of anilines is 1. The van der Waals surface area contributed by atoms with Gasteiger partial charge in [-0.2, -0.15) is 13.2 Å². The SMILES string of the molecule is CC(C)(C)C1NCCN2CCc3cc(N)ccc3[C@H]12.FC(F)(F)c1cnccn1. The molecule has 1 saturated heterocycles. The van der Waals surface area contributed by atoms with E-state index in [1.807, 2.05) is 0 Å². The molecular weight excluding hydrogens is 379 g/mol. The van der Waals surface area contributed by atoms with Gasteiger partial charge in [0.2, 0.25) is 0 Å². The van der Waals surface area contributed by atoms with Gasteiger partial charge in [-0.1, -0.05) is 26.8 Å². The second-order valence-corrected chi connectivity index (χ2v) is 8.58. The predicted molar refractivity (Wildman–Crippen MR) is 107 cm³/mol. The largest absolute Gasteiger partial charge is 0.434 e. The average molecular weight is 407 g/mol. The molecule has 3 N–H and O–H groups in total. The molecule has 1 aromatic heterocycles. The minimum absolute atomic E-state index is 0.263. The van der Waals surface area contributed by atoms with Gasteiger partial charge in [0, 0.05) is 43.8 Å². The van der Waals surface area contributed by atoms with Gasteiger partial charge in [-0.3, -0.25) is 9.88 Å². The maximum absolute atomic E-state index is 11.7. The van der Waals surface area contributed by atoms with Crippen LogP contribution in [-0.2, 0) is 12.6 Å². The van der Waals surface area contributed by atoms with Crippen LogP contribution in [0.1, 0.15) is 43.6 Å². The topological polar surface area (TPSA) is 67.1 Å². The Balaban J connectivity index is 0.000000204. The molecule has 0 aliphatic carbocycles. The maximum atomic E-state index is 11.7. The molecule has 0 amide bonds. The second kappa shape index (κ2) is 8.28. The third-order valence-electron chi connectivity index (χ3n) is 5.41. The zero-order valence-corrected chi connectivity index (χ0v) is 17.0. The first-order valence-corrected chi connectivity index (χ1v) is 9.76. The van der Waals surface area contributed by atoms with E-state index < -0.39 is 11.9 Å². The normalized spacial score (nSPS) is 22.1. The summed E-state index contributed by atoms with van der Waals surface area (Å²) < 4.78 is 35.1. The lowest BCUT2D eigenvalue weighted by Gasteiger charge is -2.50. The molecule has 1 unspecified atom stereocenters. The van der Waals surface area contributed by atoms with Crippen LogP contribution in [-0.4, -0.2) is 40.5 Å². The van der Waals surface area contributed by atoms with E-state index in [1.165, 1.54) is 17.3 Å². The van der Waals surface area contributed by atoms with E-state index in [0.29, 0.717) is 18.3 Å². The fourth-order valence-electron chi connectivity index (χ4n) is 4.07. The van der Waals surface area contributed by atoms with Gasteiger partial charge in [0.25, 0.3) is 0 Å². The summed E-state index contributed by atoms with van der Waals surface area (Å²) in [5, 5.41) is 3.74. The number of fused-ring (bicyclic) bond motifs is 3. The molecule has 4 rings (SSSR count). The van der Waals surface area contributed by atoms with Gasteiger partial charge in [0.1, 0.15) is 0 Å². The Labute approximate surface area is 169 Å². The second-order valence-electron chi connectivity index (χ2n) is 8.58. The van der Waals surface area contributed by atoms with Crippen LogP contribution in [0, 0.1) is 5.41 Å². The molecule has 1 fully saturated rings. The molecule has 2 aromatic rings. The van der Waals surface area contributed by atoms with E-state index in [4.69, 9.17) is 5.73 Å². The van der Waals surface area contributed by atoms with Gasteiger partial charge in [0.05, 0.1) is 12.2 Å². The lowest BCUT2D eigenvalue weighted by atomic mass is 9.75. The predicted octanol–water partition coefficient (Wildman–Crippen LogP) is 3.68. The summed E-state index contributed by atoms with van der Waals surface area (Å²) in [6.45, 7) is 10.4. The van der Waals surface area contributed by atoms with Crippen molar-refractivity contribution in [1.82, 2.24) is 20.2 Å². The molecule has 0 spiro atoms. The molecule has 29 heavy (non-hydrogen) atoms. The van der Waals surface area contributed by atoms with Crippen molar-refractivity contribution >= 4 is 5.69 Å². The quantitative estimate of drug-likeness (QED) is 0.652. The Kier molecular flexibility index (Phi) is 6.14. The van der Waals surface area contributed by atoms with E-state index in [9.17, 15) is 13.2 Å². The number of aromatic nitrogens is 2. The van der Waals surface area contributed by atoms with Crippen molar-refractivity contribution in [3.05, 3.63) is 53.6 Å². The van der Waals surface area contributed by atoms with Crippen molar-refractivity contribution in [2.75, 3.05) is 25.4 Å². The van der Waals surface area contributed by atoms with Gasteiger partial charge in [-0.05, 0) is 35.1 Å². The first-order chi connectivity index (χ1) is 13.6. The first kappa shape index (κ1) is 21.5. The smallest absolute Gasteiger partial charge is 0.399 e. The summed E-state index contributed by atoms with van der Waals surface area (Å²) >= 11 is 0. The number of benzene rings is 1. The standard InChI is InChI=1S/C16H25N3.C5H3F3N2/c1-16(2,3)15-14-13-5-4-12(17)10-11(13)6-8-19(14)9-7-18-15;6-5(7,8)4-3-9-1-2-10-4/h4-5,10,14-15,18H,6-9,17H2,1-3H3;1-3H/t14-,15?;/m1./s1. The van der Waals surface area contributed by atoms with Crippen molar-refractivity contribution in [3.63, 3.8) is 0 Å². The molecule has 2 aliphatic heterocycles. The highest BCUT2D eigenvalue weighted by Gasteiger charge is 2.41. The number of piperazine rings is 1. The fourth-order valence-corrected chi connectivity index (χ4v) is 4.07. The van der Waals surface area contributed by atoms with E-state index in [-0.39, 0.29) is 5.41 Å². The van der Waals surface area contributed by atoms with Gasteiger partial charge < -0.3 is 11.1 Å². The highest BCUT2D eigenvalue weighted by molar-refractivity contribution is 5.47. The Morgan fingerprint density at radius 3 is 2.48 bits per heavy atom. The summed E-state index contributed by atoms with van der Waals surface area (Å²) in [4.78, 5) is 8.97. The van der Waals surface area contributed by atoms with Crippen molar-refractivity contribution in [2.45, 2.75) is 45.5 Å². The molecule has 5 nitrogen and oxygen atoms in total. The number of nitrogens with one attached hydrogen (secondary N) is 1. The summed E-state index contributed by atoms with van der Waals surface area (Å²) in [7, 11) is 0. The number of hydrogen-bond acceptors (Lipinski definition) is 5. The number of rotatable bonds is 0. The Bertz CT molecular complexity index is 817. The van der Waals surface area contributed by atoms with Crippen LogP contribution in [0.3, 0.4) is 0 Å². The van der Waals surface area contributed by atoms with Gasteiger partial charge in [0.15, 0.2) is 5.69 Å². The van der Waals surface area contributed by atoms with Crippen LogP contribution < -0.4 is 11.1 Å². The lowest BCUT2D eigenvalue weighted by molar-refractivity contribution is -0.141. The fraction of sp³-hybridized carbons (Fsp3) is 0.524. The first-order valence-electron chi connectivity index (χ1n) is 9.76. The zero-order chi connectivity index (χ0) is 21.2. The molecule has 1 aromatic carbocycles. The van der Waals surface area contributed by atoms with Crippen LogP contribution in [0.15, 0.2) is 36.8 Å². The molecular formula is C21H28F3N5. The van der Waals surface area contributed by atoms with Crippen LogP contribution in [0.2, 0.25) is 0 Å². The van der Waals surface area contributed by atoms with Crippen LogP contribution in [0.25, 0.3) is 0 Å². The van der Waals surface area contributed by atoms with Crippen molar-refractivity contribution in [2.24, 2.45) is 5.41 Å². The molecule has 2 aliphatic rings. The van der Waals surface area contributed by atoms with E-state index in [0.717, 1.165) is 37.9 Å². The van der Waals surface area contributed by atoms with E-state index in [2.05, 4.69) is 59.2 Å². The summed E-state index contributed by atoms with van der Waals surface area (Å²) in [5.41, 5.74) is 9.06. The minimum Gasteiger partial charge on any atom is -0.399 e. The zero-order valence-electron chi connectivity index (χ0n) is 17.0. The average Bonchev–Trinajstić information content (AvgIpc) is 2.67. The van der Waals surface area contributed by atoms with Gasteiger partial charge >= 0.3 is 6.18 Å². The van der Waals surface area contributed by atoms with Crippen LogP contribution in [0.5, 0.6) is 0 Å². The number of nitrogens with two attached hydrogens (primary N) is 1. The third kappa shape index (κ3) is 5.05. The molecule has 2 atom stereocenters. The molecule has 0 radical (unpaired) electrons. The number of alkyl halides is 3. The summed E-state index contributed by atoms with van der Waals surface area (Å²) in [6, 6.07) is 7.47. The number of hydrogen-bond donors (Lipinski definition) is 2. The Morgan fingerprint density at radius 2 is 1.90 bits per heavy atom. The molecule has 8 heteroatoms. The minimum atomic E-state index is -4.38.